The Morgan fingerprint density at radius 1 is 1.16 bits per heavy atom. The molecule has 0 unspecified atom stereocenters. The molecule has 1 aromatic heterocycles. The van der Waals surface area contributed by atoms with Gasteiger partial charge in [0.1, 0.15) is 0 Å². The number of benzene rings is 1. The van der Waals surface area contributed by atoms with Gasteiger partial charge in [-0.05, 0) is 55.2 Å². The average molecular weight is 461 g/mol. The van der Waals surface area contributed by atoms with Crippen LogP contribution in [-0.2, 0) is 33.2 Å². The minimum absolute atomic E-state index is 0.115. The van der Waals surface area contributed by atoms with E-state index in [9.17, 15) is 18.0 Å². The molecule has 1 N–H and O–H groups in total. The van der Waals surface area contributed by atoms with Crippen LogP contribution in [0.25, 0.3) is 0 Å². The Bertz CT molecular complexity index is 1060. The fraction of sp³-hybridized carbons (Fsp3) is 0.478. The van der Waals surface area contributed by atoms with Gasteiger partial charge in [0.05, 0.1) is 18.0 Å². The predicted octanol–water partition coefficient (Wildman–Crippen LogP) is 2.82. The van der Waals surface area contributed by atoms with Crippen LogP contribution in [0.5, 0.6) is 0 Å². The summed E-state index contributed by atoms with van der Waals surface area (Å²) >= 11 is 0. The van der Waals surface area contributed by atoms with Gasteiger partial charge in [0, 0.05) is 44.1 Å². The largest absolute Gasteiger partial charge is 0.353 e. The van der Waals surface area contributed by atoms with Crippen molar-refractivity contribution in [1.82, 2.24) is 13.8 Å². The van der Waals surface area contributed by atoms with Gasteiger partial charge in [0.2, 0.25) is 21.8 Å². The number of aromatic nitrogens is 1. The van der Waals surface area contributed by atoms with Crippen molar-refractivity contribution in [2.24, 2.45) is 13.0 Å². The number of amides is 2. The Balaban J connectivity index is 1.80. The zero-order valence-electron chi connectivity index (χ0n) is 19.1. The van der Waals surface area contributed by atoms with E-state index in [-0.39, 0.29) is 35.2 Å². The van der Waals surface area contributed by atoms with Gasteiger partial charge in [-0.2, -0.15) is 4.31 Å². The fourth-order valence-corrected chi connectivity index (χ4v) is 5.24. The number of hydrogen-bond acceptors (Lipinski definition) is 4. The molecule has 174 valence electrons. The zero-order valence-corrected chi connectivity index (χ0v) is 19.9. The Kier molecular flexibility index (Phi) is 7.40. The van der Waals surface area contributed by atoms with Crippen LogP contribution in [0, 0.1) is 5.92 Å². The highest BCUT2D eigenvalue weighted by Crippen LogP contribution is 2.32. The van der Waals surface area contributed by atoms with E-state index in [0.717, 1.165) is 18.5 Å². The molecule has 3 rings (SSSR count). The van der Waals surface area contributed by atoms with Crippen LogP contribution in [-0.4, -0.2) is 53.1 Å². The molecule has 1 aliphatic carbocycles. The molecular weight excluding hydrogens is 428 g/mol. The molecule has 0 radical (unpaired) electrons. The van der Waals surface area contributed by atoms with E-state index in [2.05, 4.69) is 5.32 Å². The summed E-state index contributed by atoms with van der Waals surface area (Å²) in [5.41, 5.74) is 1.52. The average Bonchev–Trinajstić information content (AvgIpc) is 3.47. The van der Waals surface area contributed by atoms with E-state index in [4.69, 9.17) is 0 Å². The maximum absolute atomic E-state index is 13.4. The SMILES string of the molecule is CC(=O)Nc1ccc(S(=O)(=O)N(CC(=O)N(Cc2cccn2C)CC(C)C)C2CC2)cc1. The topological polar surface area (TPSA) is 91.7 Å². The van der Waals surface area contributed by atoms with E-state index in [0.29, 0.717) is 18.8 Å². The highest BCUT2D eigenvalue weighted by molar-refractivity contribution is 7.89. The molecule has 2 aromatic rings. The molecule has 1 aliphatic rings. The minimum Gasteiger partial charge on any atom is -0.353 e. The third kappa shape index (κ3) is 5.98. The Morgan fingerprint density at radius 3 is 2.31 bits per heavy atom. The lowest BCUT2D eigenvalue weighted by molar-refractivity contribution is -0.132. The van der Waals surface area contributed by atoms with Gasteiger partial charge < -0.3 is 14.8 Å². The summed E-state index contributed by atoms with van der Waals surface area (Å²) in [6, 6.07) is 9.79. The summed E-state index contributed by atoms with van der Waals surface area (Å²) in [6.45, 7) is 6.27. The lowest BCUT2D eigenvalue weighted by atomic mass is 10.2. The summed E-state index contributed by atoms with van der Waals surface area (Å²) in [6.07, 6.45) is 3.43. The van der Waals surface area contributed by atoms with Crippen LogP contribution in [0.2, 0.25) is 0 Å². The zero-order chi connectivity index (χ0) is 23.5. The lowest BCUT2D eigenvalue weighted by Gasteiger charge is -2.28. The number of aryl methyl sites for hydroxylation is 1. The molecule has 2 amide bonds. The van der Waals surface area contributed by atoms with E-state index in [1.807, 2.05) is 43.8 Å². The molecular formula is C23H32N4O4S. The first-order valence-electron chi connectivity index (χ1n) is 10.9. The van der Waals surface area contributed by atoms with Gasteiger partial charge in [0.15, 0.2) is 0 Å². The number of carbonyl (C=O) groups is 2. The van der Waals surface area contributed by atoms with Gasteiger partial charge in [-0.1, -0.05) is 13.8 Å². The highest BCUT2D eigenvalue weighted by atomic mass is 32.2. The third-order valence-electron chi connectivity index (χ3n) is 5.37. The van der Waals surface area contributed by atoms with Gasteiger partial charge in [-0.25, -0.2) is 8.42 Å². The van der Waals surface area contributed by atoms with Crippen molar-refractivity contribution in [1.29, 1.82) is 0 Å². The van der Waals surface area contributed by atoms with Crippen LogP contribution >= 0.6 is 0 Å². The third-order valence-corrected chi connectivity index (χ3v) is 7.28. The second kappa shape index (κ2) is 9.87. The summed E-state index contributed by atoms with van der Waals surface area (Å²) in [5.74, 6) is -0.175. The molecule has 1 fully saturated rings. The summed E-state index contributed by atoms with van der Waals surface area (Å²) < 4.78 is 30.0. The lowest BCUT2D eigenvalue weighted by Crippen LogP contribution is -2.44. The number of rotatable bonds is 10. The molecule has 0 spiro atoms. The van der Waals surface area contributed by atoms with Crippen molar-refractivity contribution in [3.05, 3.63) is 48.3 Å². The smallest absolute Gasteiger partial charge is 0.243 e. The molecule has 1 saturated carbocycles. The Labute approximate surface area is 190 Å². The molecule has 1 heterocycles. The fourth-order valence-electron chi connectivity index (χ4n) is 3.61. The number of nitrogens with one attached hydrogen (secondary N) is 1. The Morgan fingerprint density at radius 2 is 1.81 bits per heavy atom. The second-order valence-electron chi connectivity index (χ2n) is 8.77. The van der Waals surface area contributed by atoms with E-state index in [1.165, 1.54) is 23.4 Å². The summed E-state index contributed by atoms with van der Waals surface area (Å²) in [7, 11) is -1.91. The molecule has 8 nitrogen and oxygen atoms in total. The normalized spacial score (nSPS) is 14.1. The molecule has 1 aromatic carbocycles. The monoisotopic (exact) mass is 460 g/mol. The van der Waals surface area contributed by atoms with Crippen LogP contribution in [0.15, 0.2) is 47.5 Å². The van der Waals surface area contributed by atoms with Gasteiger partial charge in [-0.15, -0.1) is 0 Å². The van der Waals surface area contributed by atoms with E-state index in [1.54, 1.807) is 17.0 Å². The van der Waals surface area contributed by atoms with E-state index >= 15 is 0 Å². The maximum Gasteiger partial charge on any atom is 0.243 e. The first-order valence-corrected chi connectivity index (χ1v) is 12.3. The molecule has 0 saturated heterocycles. The van der Waals surface area contributed by atoms with Gasteiger partial charge >= 0.3 is 0 Å². The number of anilines is 1. The van der Waals surface area contributed by atoms with Crippen molar-refractivity contribution < 1.29 is 18.0 Å². The number of hydrogen-bond donors (Lipinski definition) is 1. The first-order chi connectivity index (χ1) is 15.1. The van der Waals surface area contributed by atoms with E-state index < -0.39 is 10.0 Å². The molecule has 9 heteroatoms. The molecule has 0 atom stereocenters. The highest BCUT2D eigenvalue weighted by Gasteiger charge is 2.40. The molecule has 0 aliphatic heterocycles. The Hall–Kier alpha value is -2.65. The minimum atomic E-state index is -3.84. The van der Waals surface area contributed by atoms with Crippen LogP contribution in [0.4, 0.5) is 5.69 Å². The van der Waals surface area contributed by atoms with Crippen molar-refractivity contribution in [2.75, 3.05) is 18.4 Å². The quantitative estimate of drug-likeness (QED) is 0.590. The number of sulfonamides is 1. The first kappa shape index (κ1) is 24.0. The predicted molar refractivity (Wildman–Crippen MR) is 123 cm³/mol. The van der Waals surface area contributed by atoms with Gasteiger partial charge in [0.25, 0.3) is 0 Å². The second-order valence-corrected chi connectivity index (χ2v) is 10.7. The van der Waals surface area contributed by atoms with Crippen LogP contribution in [0.1, 0.15) is 39.3 Å². The van der Waals surface area contributed by atoms with Crippen LogP contribution < -0.4 is 5.32 Å². The standard InChI is InChI=1S/C23H32N4O4S/c1-17(2)14-26(15-21-6-5-13-25(21)4)23(29)16-27(20-9-10-20)32(30,31)22-11-7-19(8-12-22)24-18(3)28/h5-8,11-13,17,20H,9-10,14-16H2,1-4H3,(H,24,28). The van der Waals surface area contributed by atoms with Crippen LogP contribution in [0.3, 0.4) is 0 Å². The van der Waals surface area contributed by atoms with Gasteiger partial charge in [-0.3, -0.25) is 9.59 Å². The van der Waals surface area contributed by atoms with Crippen molar-refractivity contribution in [2.45, 2.75) is 51.1 Å². The number of carbonyl (C=O) groups excluding carboxylic acids is 2. The summed E-state index contributed by atoms with van der Waals surface area (Å²) in [5, 5.41) is 2.63. The number of nitrogens with zero attached hydrogens (tertiary/aromatic N) is 3. The molecule has 0 bridgehead atoms. The van der Waals surface area contributed by atoms with Crippen molar-refractivity contribution in [3.63, 3.8) is 0 Å². The maximum atomic E-state index is 13.4. The van der Waals surface area contributed by atoms with Crippen molar-refractivity contribution in [3.8, 4) is 0 Å². The summed E-state index contributed by atoms with van der Waals surface area (Å²) in [4.78, 5) is 26.3. The van der Waals surface area contributed by atoms with Crippen molar-refractivity contribution >= 4 is 27.5 Å². The molecule has 32 heavy (non-hydrogen) atoms.